The van der Waals surface area contributed by atoms with Gasteiger partial charge in [0.25, 0.3) is 0 Å². The summed E-state index contributed by atoms with van der Waals surface area (Å²) in [5.74, 6) is 0.507. The van der Waals surface area contributed by atoms with Crippen LogP contribution in [0.15, 0.2) is 11.6 Å². The number of rotatable bonds is 4. The number of hydrogen-bond acceptors (Lipinski definition) is 4. The zero-order valence-corrected chi connectivity index (χ0v) is 11.9. The second kappa shape index (κ2) is 4.85. The molecule has 1 heterocycles. The van der Waals surface area contributed by atoms with E-state index in [1.165, 1.54) is 5.57 Å². The van der Waals surface area contributed by atoms with Crippen molar-refractivity contribution in [2.75, 3.05) is 20.3 Å². The van der Waals surface area contributed by atoms with Crippen LogP contribution in [0.1, 0.15) is 39.0 Å². The van der Waals surface area contributed by atoms with Crippen molar-refractivity contribution in [1.29, 1.82) is 0 Å². The minimum Gasteiger partial charge on any atom is -0.387 e. The van der Waals surface area contributed by atoms with Crippen LogP contribution in [-0.2, 0) is 14.2 Å². The fourth-order valence-corrected chi connectivity index (χ4v) is 3.98. The minimum absolute atomic E-state index is 0.150. The molecule has 0 aromatic heterocycles. The Kier molecular flexibility index (Phi) is 3.46. The monoisotopic (exact) mass is 268 g/mol. The van der Waals surface area contributed by atoms with Gasteiger partial charge in [0.2, 0.25) is 0 Å². The second-order valence-electron chi connectivity index (χ2n) is 6.16. The van der Waals surface area contributed by atoms with Crippen LogP contribution in [0.25, 0.3) is 0 Å². The van der Waals surface area contributed by atoms with E-state index >= 15 is 0 Å². The van der Waals surface area contributed by atoms with E-state index in [0.717, 1.165) is 25.7 Å². The molecule has 0 amide bonds. The van der Waals surface area contributed by atoms with Crippen LogP contribution in [0.3, 0.4) is 0 Å². The SMILES string of the molecule is CO[C@]12C=C(C)[C@H](CC1)C[C@]2(O)CCC1OCCO1. The highest BCUT2D eigenvalue weighted by Gasteiger charge is 2.56. The van der Waals surface area contributed by atoms with Crippen molar-refractivity contribution in [2.45, 2.75) is 56.5 Å². The molecule has 4 rings (SSSR count). The molecule has 0 spiro atoms. The lowest BCUT2D eigenvalue weighted by Crippen LogP contribution is -2.61. The van der Waals surface area contributed by atoms with Gasteiger partial charge >= 0.3 is 0 Å². The highest BCUT2D eigenvalue weighted by Crippen LogP contribution is 2.52. The van der Waals surface area contributed by atoms with Gasteiger partial charge in [-0.2, -0.15) is 0 Å². The zero-order valence-electron chi connectivity index (χ0n) is 11.9. The molecule has 1 aliphatic heterocycles. The first kappa shape index (κ1) is 13.6. The lowest BCUT2D eigenvalue weighted by atomic mass is 9.59. The molecule has 0 unspecified atom stereocenters. The summed E-state index contributed by atoms with van der Waals surface area (Å²) in [5.41, 5.74) is 0.0790. The second-order valence-corrected chi connectivity index (χ2v) is 6.16. The van der Waals surface area contributed by atoms with Gasteiger partial charge in [0.15, 0.2) is 6.29 Å². The fraction of sp³-hybridized carbons (Fsp3) is 0.867. The van der Waals surface area contributed by atoms with Gasteiger partial charge in [0.1, 0.15) is 5.60 Å². The molecule has 1 N–H and O–H groups in total. The molecule has 1 saturated heterocycles. The molecule has 3 atom stereocenters. The van der Waals surface area contributed by atoms with Crippen LogP contribution < -0.4 is 0 Å². The number of hydrogen-bond donors (Lipinski definition) is 1. The maximum Gasteiger partial charge on any atom is 0.157 e. The lowest BCUT2D eigenvalue weighted by Gasteiger charge is -2.54. The van der Waals surface area contributed by atoms with E-state index in [1.54, 1.807) is 7.11 Å². The molecule has 1 saturated carbocycles. The smallest absolute Gasteiger partial charge is 0.157 e. The van der Waals surface area contributed by atoms with Gasteiger partial charge in [-0.25, -0.2) is 0 Å². The van der Waals surface area contributed by atoms with E-state index in [4.69, 9.17) is 14.2 Å². The molecule has 108 valence electrons. The van der Waals surface area contributed by atoms with Crippen LogP contribution in [0.5, 0.6) is 0 Å². The molecule has 4 heteroatoms. The maximum atomic E-state index is 11.1. The van der Waals surface area contributed by atoms with Crippen LogP contribution in [0.2, 0.25) is 0 Å². The molecule has 0 aromatic carbocycles. The van der Waals surface area contributed by atoms with E-state index in [-0.39, 0.29) is 6.29 Å². The lowest BCUT2D eigenvalue weighted by molar-refractivity contribution is -0.191. The minimum atomic E-state index is -0.778. The first-order valence-electron chi connectivity index (χ1n) is 7.29. The topological polar surface area (TPSA) is 47.9 Å². The largest absolute Gasteiger partial charge is 0.387 e. The molecule has 3 aliphatic carbocycles. The average Bonchev–Trinajstić information content (AvgIpc) is 2.92. The molecular formula is C15H24O4. The predicted molar refractivity (Wildman–Crippen MR) is 70.7 cm³/mol. The number of ether oxygens (including phenoxy) is 3. The van der Waals surface area contributed by atoms with E-state index in [1.807, 2.05) is 0 Å². The van der Waals surface area contributed by atoms with Gasteiger partial charge in [-0.15, -0.1) is 0 Å². The Bertz CT molecular complexity index is 374. The van der Waals surface area contributed by atoms with Gasteiger partial charge < -0.3 is 19.3 Å². The molecule has 19 heavy (non-hydrogen) atoms. The molecule has 2 bridgehead atoms. The quantitative estimate of drug-likeness (QED) is 0.792. The van der Waals surface area contributed by atoms with Gasteiger partial charge in [-0.1, -0.05) is 11.6 Å². The Hall–Kier alpha value is -0.420. The van der Waals surface area contributed by atoms with Crippen molar-refractivity contribution < 1.29 is 19.3 Å². The molecular weight excluding hydrogens is 244 g/mol. The van der Waals surface area contributed by atoms with E-state index < -0.39 is 11.2 Å². The van der Waals surface area contributed by atoms with Crippen LogP contribution >= 0.6 is 0 Å². The summed E-state index contributed by atoms with van der Waals surface area (Å²) in [6.07, 6.45) is 6.25. The molecule has 4 aliphatic rings. The number of allylic oxidation sites excluding steroid dienone is 1. The van der Waals surface area contributed by atoms with Crippen molar-refractivity contribution in [2.24, 2.45) is 5.92 Å². The third-order valence-electron chi connectivity index (χ3n) is 5.19. The third kappa shape index (κ3) is 2.15. The summed E-state index contributed by atoms with van der Waals surface area (Å²) in [6.45, 7) is 3.49. The van der Waals surface area contributed by atoms with Crippen LogP contribution in [0, 0.1) is 5.92 Å². The van der Waals surface area contributed by atoms with E-state index in [9.17, 15) is 5.11 Å². The van der Waals surface area contributed by atoms with Crippen molar-refractivity contribution in [3.8, 4) is 0 Å². The maximum absolute atomic E-state index is 11.1. The van der Waals surface area contributed by atoms with Crippen LogP contribution in [-0.4, -0.2) is 42.9 Å². The number of aliphatic hydroxyl groups is 1. The van der Waals surface area contributed by atoms with Gasteiger partial charge in [0.05, 0.1) is 18.8 Å². The highest BCUT2D eigenvalue weighted by atomic mass is 16.7. The molecule has 0 radical (unpaired) electrons. The normalized spacial score (nSPS) is 42.7. The first-order valence-corrected chi connectivity index (χ1v) is 7.29. The summed E-state index contributed by atoms with van der Waals surface area (Å²) >= 11 is 0. The van der Waals surface area contributed by atoms with Gasteiger partial charge in [-0.05, 0) is 38.5 Å². The first-order chi connectivity index (χ1) is 9.09. The predicted octanol–water partition coefficient (Wildman–Crippen LogP) is 2.02. The molecule has 2 fully saturated rings. The molecule has 4 nitrogen and oxygen atoms in total. The van der Waals surface area contributed by atoms with Crippen molar-refractivity contribution in [1.82, 2.24) is 0 Å². The summed E-state index contributed by atoms with van der Waals surface area (Å²) in [4.78, 5) is 0. The highest BCUT2D eigenvalue weighted by molar-refractivity contribution is 5.28. The fourth-order valence-electron chi connectivity index (χ4n) is 3.98. The standard InChI is InChI=1S/C15H24O4/c1-11-9-15(17-2)6-3-12(11)10-14(15,16)5-4-13-18-7-8-19-13/h9,12-13,16H,3-8,10H2,1-2H3/t12-,14-,15+/m1/s1. The van der Waals surface area contributed by atoms with E-state index in [0.29, 0.717) is 25.6 Å². The van der Waals surface area contributed by atoms with Gasteiger partial charge in [-0.3, -0.25) is 0 Å². The van der Waals surface area contributed by atoms with Gasteiger partial charge in [0, 0.05) is 13.5 Å². The summed E-state index contributed by atoms with van der Waals surface area (Å²) < 4.78 is 16.7. The van der Waals surface area contributed by atoms with Crippen molar-refractivity contribution >= 4 is 0 Å². The Labute approximate surface area is 114 Å². The Morgan fingerprint density at radius 3 is 2.79 bits per heavy atom. The number of fused-ring (bicyclic) bond motifs is 2. The zero-order chi connectivity index (χ0) is 13.5. The van der Waals surface area contributed by atoms with Crippen molar-refractivity contribution in [3.63, 3.8) is 0 Å². The molecule has 0 aromatic rings. The Morgan fingerprint density at radius 1 is 1.42 bits per heavy atom. The number of methoxy groups -OCH3 is 1. The third-order valence-corrected chi connectivity index (χ3v) is 5.19. The van der Waals surface area contributed by atoms with Crippen LogP contribution in [0.4, 0.5) is 0 Å². The summed E-state index contributed by atoms with van der Waals surface area (Å²) in [6, 6.07) is 0. The van der Waals surface area contributed by atoms with E-state index in [2.05, 4.69) is 13.0 Å². The average molecular weight is 268 g/mol. The van der Waals surface area contributed by atoms with Crippen molar-refractivity contribution in [3.05, 3.63) is 11.6 Å². The Balaban J connectivity index is 1.75. The summed E-state index contributed by atoms with van der Waals surface area (Å²) in [5, 5.41) is 11.1. The Morgan fingerprint density at radius 2 is 2.16 bits per heavy atom. The summed E-state index contributed by atoms with van der Waals surface area (Å²) in [7, 11) is 1.71.